The van der Waals surface area contributed by atoms with E-state index in [1.165, 1.54) is 22.6 Å². The lowest BCUT2D eigenvalue weighted by molar-refractivity contribution is 0.628. The summed E-state index contributed by atoms with van der Waals surface area (Å²) in [5.74, 6) is -0.185. The van der Waals surface area contributed by atoms with Crippen molar-refractivity contribution in [3.63, 3.8) is 0 Å². The molecule has 1 aromatic heterocycles. The Labute approximate surface area is 80.7 Å². The molecule has 13 heavy (non-hydrogen) atoms. The molecule has 0 spiro atoms. The zero-order valence-corrected chi connectivity index (χ0v) is 8.07. The second-order valence-corrected chi connectivity index (χ2v) is 4.07. The quantitative estimate of drug-likeness (QED) is 0.643. The molecule has 0 radical (unpaired) electrons. The highest BCUT2D eigenvalue weighted by molar-refractivity contribution is 7.10. The van der Waals surface area contributed by atoms with Gasteiger partial charge in [-0.15, -0.1) is 11.3 Å². The van der Waals surface area contributed by atoms with Crippen molar-refractivity contribution in [1.82, 2.24) is 0 Å². The largest absolute Gasteiger partial charge is 0.207 e. The Morgan fingerprint density at radius 3 is 2.31 bits per heavy atom. The molecule has 0 saturated heterocycles. The zero-order chi connectivity index (χ0) is 9.26. The summed E-state index contributed by atoms with van der Waals surface area (Å²) >= 11 is 1.71. The summed E-state index contributed by atoms with van der Waals surface area (Å²) in [6.07, 6.45) is 0. The molecule has 0 atom stereocenters. The van der Waals surface area contributed by atoms with Crippen molar-refractivity contribution < 1.29 is 4.39 Å². The van der Waals surface area contributed by atoms with Crippen LogP contribution in [0.2, 0.25) is 0 Å². The molecule has 1 aromatic carbocycles. The maximum absolute atomic E-state index is 12.6. The molecule has 0 unspecified atom stereocenters. The first-order valence-electron chi connectivity index (χ1n) is 4.07. The lowest BCUT2D eigenvalue weighted by atomic mass is 10.1. The van der Waals surface area contributed by atoms with Gasteiger partial charge in [0, 0.05) is 4.88 Å². The Morgan fingerprint density at radius 1 is 1.08 bits per heavy atom. The lowest BCUT2D eigenvalue weighted by Gasteiger charge is -1.95. The average molecular weight is 192 g/mol. The van der Waals surface area contributed by atoms with Gasteiger partial charge < -0.3 is 0 Å². The Kier molecular flexibility index (Phi) is 2.15. The molecular weight excluding hydrogens is 183 g/mol. The molecule has 2 aromatic rings. The van der Waals surface area contributed by atoms with Gasteiger partial charge in [-0.3, -0.25) is 0 Å². The van der Waals surface area contributed by atoms with Gasteiger partial charge >= 0.3 is 0 Å². The molecule has 0 saturated carbocycles. The van der Waals surface area contributed by atoms with E-state index in [0.717, 1.165) is 5.56 Å². The molecule has 0 bridgehead atoms. The Morgan fingerprint density at radius 2 is 1.77 bits per heavy atom. The summed E-state index contributed by atoms with van der Waals surface area (Å²) in [6.45, 7) is 2.07. The van der Waals surface area contributed by atoms with Gasteiger partial charge in [-0.05, 0) is 41.6 Å². The second kappa shape index (κ2) is 3.30. The summed E-state index contributed by atoms with van der Waals surface area (Å²) in [4.78, 5) is 1.28. The smallest absolute Gasteiger partial charge is 0.123 e. The Bertz CT molecular complexity index is 400. The normalized spacial score (nSPS) is 10.3. The van der Waals surface area contributed by atoms with Crippen LogP contribution >= 0.6 is 11.3 Å². The standard InChI is InChI=1S/C11H9FS/c1-8-6-10(7-13-8)9-2-4-11(12)5-3-9/h2-7H,1H3. The highest BCUT2D eigenvalue weighted by Gasteiger charge is 1.99. The van der Waals surface area contributed by atoms with Gasteiger partial charge in [0.1, 0.15) is 5.82 Å². The van der Waals surface area contributed by atoms with Crippen molar-refractivity contribution in [2.75, 3.05) is 0 Å². The van der Waals surface area contributed by atoms with Crippen molar-refractivity contribution in [2.24, 2.45) is 0 Å². The minimum absolute atomic E-state index is 0.185. The second-order valence-electron chi connectivity index (χ2n) is 2.95. The van der Waals surface area contributed by atoms with E-state index < -0.39 is 0 Å². The number of rotatable bonds is 1. The first-order valence-corrected chi connectivity index (χ1v) is 4.95. The molecule has 0 amide bonds. The molecule has 0 nitrogen and oxygen atoms in total. The van der Waals surface area contributed by atoms with Crippen LogP contribution in [-0.4, -0.2) is 0 Å². The van der Waals surface area contributed by atoms with Gasteiger partial charge in [-0.25, -0.2) is 4.39 Å². The molecular formula is C11H9FS. The summed E-state index contributed by atoms with van der Waals surface area (Å²) in [7, 11) is 0. The highest BCUT2D eigenvalue weighted by atomic mass is 32.1. The van der Waals surface area contributed by atoms with E-state index >= 15 is 0 Å². The number of hydrogen-bond donors (Lipinski definition) is 0. The molecule has 0 aliphatic heterocycles. The van der Waals surface area contributed by atoms with Crippen LogP contribution in [0.25, 0.3) is 11.1 Å². The molecule has 66 valence electrons. The van der Waals surface area contributed by atoms with Crippen molar-refractivity contribution in [3.05, 3.63) is 46.4 Å². The topological polar surface area (TPSA) is 0 Å². The van der Waals surface area contributed by atoms with Crippen molar-refractivity contribution in [1.29, 1.82) is 0 Å². The van der Waals surface area contributed by atoms with Crippen molar-refractivity contribution >= 4 is 11.3 Å². The number of thiophene rings is 1. The first-order chi connectivity index (χ1) is 6.25. The molecule has 0 fully saturated rings. The zero-order valence-electron chi connectivity index (χ0n) is 7.25. The number of hydrogen-bond acceptors (Lipinski definition) is 1. The SMILES string of the molecule is Cc1cc(-c2ccc(F)cc2)cs1. The maximum Gasteiger partial charge on any atom is 0.123 e. The lowest BCUT2D eigenvalue weighted by Crippen LogP contribution is -1.74. The number of benzene rings is 1. The maximum atomic E-state index is 12.6. The van der Waals surface area contributed by atoms with Crippen LogP contribution in [0.1, 0.15) is 4.88 Å². The molecule has 2 heteroatoms. The van der Waals surface area contributed by atoms with E-state index in [4.69, 9.17) is 0 Å². The minimum atomic E-state index is -0.185. The van der Waals surface area contributed by atoms with Crippen LogP contribution in [0.4, 0.5) is 4.39 Å². The van der Waals surface area contributed by atoms with Gasteiger partial charge in [0.15, 0.2) is 0 Å². The average Bonchev–Trinajstić information content (AvgIpc) is 2.53. The fourth-order valence-electron chi connectivity index (χ4n) is 1.24. The van der Waals surface area contributed by atoms with Gasteiger partial charge in [0.25, 0.3) is 0 Å². The van der Waals surface area contributed by atoms with E-state index in [1.807, 2.05) is 0 Å². The molecule has 0 aliphatic carbocycles. The van der Waals surface area contributed by atoms with Gasteiger partial charge in [0.05, 0.1) is 0 Å². The predicted molar refractivity (Wildman–Crippen MR) is 54.5 cm³/mol. The van der Waals surface area contributed by atoms with Gasteiger partial charge in [-0.1, -0.05) is 12.1 Å². The summed E-state index contributed by atoms with van der Waals surface area (Å²) in [6, 6.07) is 8.69. The Balaban J connectivity index is 2.41. The van der Waals surface area contributed by atoms with Crippen LogP contribution < -0.4 is 0 Å². The summed E-state index contributed by atoms with van der Waals surface area (Å²) in [5.41, 5.74) is 2.24. The predicted octanol–water partition coefficient (Wildman–Crippen LogP) is 3.86. The third-order valence-electron chi connectivity index (χ3n) is 1.91. The van der Waals surface area contributed by atoms with E-state index in [9.17, 15) is 4.39 Å². The number of halogens is 1. The van der Waals surface area contributed by atoms with Crippen molar-refractivity contribution in [3.8, 4) is 11.1 Å². The van der Waals surface area contributed by atoms with E-state index in [1.54, 1.807) is 23.5 Å². The van der Waals surface area contributed by atoms with Crippen LogP contribution in [0.5, 0.6) is 0 Å². The Hall–Kier alpha value is -1.15. The van der Waals surface area contributed by atoms with Crippen LogP contribution in [0.15, 0.2) is 35.7 Å². The monoisotopic (exact) mass is 192 g/mol. The van der Waals surface area contributed by atoms with Crippen LogP contribution in [0.3, 0.4) is 0 Å². The van der Waals surface area contributed by atoms with Crippen molar-refractivity contribution in [2.45, 2.75) is 6.92 Å². The van der Waals surface area contributed by atoms with Gasteiger partial charge in [-0.2, -0.15) is 0 Å². The number of aryl methyl sites for hydroxylation is 1. The van der Waals surface area contributed by atoms with Gasteiger partial charge in [0.2, 0.25) is 0 Å². The fraction of sp³-hybridized carbons (Fsp3) is 0.0909. The van der Waals surface area contributed by atoms with E-state index in [2.05, 4.69) is 18.4 Å². The molecule has 2 rings (SSSR count). The molecule has 0 aliphatic rings. The van der Waals surface area contributed by atoms with E-state index in [0.29, 0.717) is 0 Å². The minimum Gasteiger partial charge on any atom is -0.207 e. The first kappa shape index (κ1) is 8.45. The molecule has 0 N–H and O–H groups in total. The highest BCUT2D eigenvalue weighted by Crippen LogP contribution is 2.24. The fourth-order valence-corrected chi connectivity index (χ4v) is 1.95. The third-order valence-corrected chi connectivity index (χ3v) is 2.77. The van der Waals surface area contributed by atoms with Crippen LogP contribution in [-0.2, 0) is 0 Å². The van der Waals surface area contributed by atoms with E-state index in [-0.39, 0.29) is 5.82 Å². The summed E-state index contributed by atoms with van der Waals surface area (Å²) in [5, 5.41) is 2.09. The third kappa shape index (κ3) is 1.78. The van der Waals surface area contributed by atoms with Crippen LogP contribution in [0, 0.1) is 12.7 Å². The molecule has 1 heterocycles. The summed E-state index contributed by atoms with van der Waals surface area (Å²) < 4.78 is 12.6.